The fourth-order valence-electron chi connectivity index (χ4n) is 1.53. The summed E-state index contributed by atoms with van der Waals surface area (Å²) in [5.74, 6) is 0. The standard InChI is InChI=1S/C11H15F3N2O/c12-11(13,14)7-17-8-16-5-1-2-10(16)6-15-9-3-4-9/h1-2,5,9,15H,3-4,6-8H2. The molecule has 1 saturated carbocycles. The van der Waals surface area contributed by atoms with Gasteiger partial charge < -0.3 is 14.6 Å². The van der Waals surface area contributed by atoms with E-state index in [9.17, 15) is 13.2 Å². The highest BCUT2D eigenvalue weighted by Crippen LogP contribution is 2.19. The SMILES string of the molecule is FC(F)(F)COCn1cccc1CNC1CC1. The minimum atomic E-state index is -4.26. The fraction of sp³-hybridized carbons (Fsp3) is 0.636. The van der Waals surface area contributed by atoms with Crippen LogP contribution >= 0.6 is 0 Å². The summed E-state index contributed by atoms with van der Waals surface area (Å²) in [6, 6.07) is 4.27. The quantitative estimate of drug-likeness (QED) is 0.835. The molecule has 96 valence electrons. The molecule has 0 unspecified atom stereocenters. The molecule has 0 bridgehead atoms. The maximum Gasteiger partial charge on any atom is 0.411 e. The van der Waals surface area contributed by atoms with Crippen LogP contribution in [0.25, 0.3) is 0 Å². The first kappa shape index (κ1) is 12.4. The first-order valence-electron chi connectivity index (χ1n) is 5.56. The van der Waals surface area contributed by atoms with E-state index < -0.39 is 12.8 Å². The summed E-state index contributed by atoms with van der Waals surface area (Å²) >= 11 is 0. The Bertz CT molecular complexity index is 358. The number of aromatic nitrogens is 1. The highest BCUT2D eigenvalue weighted by Gasteiger charge is 2.27. The second kappa shape index (κ2) is 5.10. The fourth-order valence-corrected chi connectivity index (χ4v) is 1.53. The Labute approximate surface area is 97.6 Å². The van der Waals surface area contributed by atoms with Gasteiger partial charge in [0.1, 0.15) is 13.3 Å². The van der Waals surface area contributed by atoms with Crippen LogP contribution < -0.4 is 5.32 Å². The first-order valence-corrected chi connectivity index (χ1v) is 5.56. The minimum absolute atomic E-state index is 0.0613. The van der Waals surface area contributed by atoms with Crippen molar-refractivity contribution in [3.63, 3.8) is 0 Å². The lowest BCUT2D eigenvalue weighted by Crippen LogP contribution is -2.21. The van der Waals surface area contributed by atoms with Crippen LogP contribution in [0.4, 0.5) is 13.2 Å². The zero-order valence-electron chi connectivity index (χ0n) is 9.33. The molecule has 3 nitrogen and oxygen atoms in total. The molecule has 1 aliphatic carbocycles. The smallest absolute Gasteiger partial charge is 0.351 e. The van der Waals surface area contributed by atoms with Gasteiger partial charge >= 0.3 is 6.18 Å². The third-order valence-corrected chi connectivity index (χ3v) is 2.57. The van der Waals surface area contributed by atoms with Crippen LogP contribution in [0.1, 0.15) is 18.5 Å². The lowest BCUT2D eigenvalue weighted by Gasteiger charge is -2.12. The molecule has 0 spiro atoms. The van der Waals surface area contributed by atoms with Crippen LogP contribution in [0.5, 0.6) is 0 Å². The number of hydrogen-bond acceptors (Lipinski definition) is 2. The van der Waals surface area contributed by atoms with Crippen LogP contribution in [0.2, 0.25) is 0 Å². The molecular formula is C11H15F3N2O. The average molecular weight is 248 g/mol. The highest BCUT2D eigenvalue weighted by molar-refractivity contribution is 5.07. The van der Waals surface area contributed by atoms with E-state index in [0.29, 0.717) is 12.6 Å². The van der Waals surface area contributed by atoms with E-state index in [0.717, 1.165) is 5.69 Å². The number of ether oxygens (including phenoxy) is 1. The molecule has 1 aromatic heterocycles. The molecule has 1 N–H and O–H groups in total. The molecular weight excluding hydrogens is 233 g/mol. The zero-order valence-corrected chi connectivity index (χ0v) is 9.33. The Morgan fingerprint density at radius 3 is 2.82 bits per heavy atom. The summed E-state index contributed by atoms with van der Waals surface area (Å²) in [6.45, 7) is -0.595. The van der Waals surface area contributed by atoms with Gasteiger partial charge in [-0.05, 0) is 25.0 Å². The van der Waals surface area contributed by atoms with Crippen molar-refractivity contribution in [1.82, 2.24) is 9.88 Å². The number of alkyl halides is 3. The minimum Gasteiger partial charge on any atom is -0.351 e. The first-order chi connectivity index (χ1) is 8.04. The average Bonchev–Trinajstić information content (AvgIpc) is 2.95. The van der Waals surface area contributed by atoms with E-state index in [1.807, 2.05) is 6.07 Å². The van der Waals surface area contributed by atoms with Gasteiger partial charge in [0.05, 0.1) is 0 Å². The molecule has 0 aliphatic heterocycles. The normalized spacial score (nSPS) is 16.4. The largest absolute Gasteiger partial charge is 0.411 e. The van der Waals surface area contributed by atoms with Crippen LogP contribution in [0.15, 0.2) is 18.3 Å². The van der Waals surface area contributed by atoms with Crippen LogP contribution in [-0.2, 0) is 18.0 Å². The Morgan fingerprint density at radius 2 is 2.18 bits per heavy atom. The van der Waals surface area contributed by atoms with Crippen molar-refractivity contribution >= 4 is 0 Å². The van der Waals surface area contributed by atoms with E-state index in [-0.39, 0.29) is 6.73 Å². The number of halogens is 3. The Hall–Kier alpha value is -1.01. The molecule has 0 atom stereocenters. The molecule has 0 amide bonds. The predicted molar refractivity (Wildman–Crippen MR) is 56.3 cm³/mol. The summed E-state index contributed by atoms with van der Waals surface area (Å²) in [5.41, 5.74) is 0.944. The highest BCUT2D eigenvalue weighted by atomic mass is 19.4. The van der Waals surface area contributed by atoms with Gasteiger partial charge in [-0.25, -0.2) is 0 Å². The van der Waals surface area contributed by atoms with E-state index in [4.69, 9.17) is 0 Å². The van der Waals surface area contributed by atoms with Gasteiger partial charge in [0.25, 0.3) is 0 Å². The van der Waals surface area contributed by atoms with Crippen LogP contribution in [0, 0.1) is 0 Å². The third kappa shape index (κ3) is 4.40. The molecule has 0 aromatic carbocycles. The van der Waals surface area contributed by atoms with Gasteiger partial charge in [-0.3, -0.25) is 0 Å². The van der Waals surface area contributed by atoms with Crippen molar-refractivity contribution in [3.8, 4) is 0 Å². The summed E-state index contributed by atoms with van der Waals surface area (Å²) in [6.07, 6.45) is -0.170. The number of rotatable bonds is 6. The van der Waals surface area contributed by atoms with E-state index in [2.05, 4.69) is 10.1 Å². The number of nitrogens with one attached hydrogen (secondary N) is 1. The molecule has 1 fully saturated rings. The predicted octanol–water partition coefficient (Wildman–Crippen LogP) is 2.28. The monoisotopic (exact) mass is 248 g/mol. The van der Waals surface area contributed by atoms with Gasteiger partial charge in [-0.2, -0.15) is 13.2 Å². The van der Waals surface area contributed by atoms with Gasteiger partial charge in [0.2, 0.25) is 0 Å². The molecule has 0 saturated heterocycles. The molecule has 1 heterocycles. The van der Waals surface area contributed by atoms with E-state index in [1.54, 1.807) is 16.8 Å². The molecule has 6 heteroatoms. The molecule has 1 aliphatic rings. The van der Waals surface area contributed by atoms with Crippen molar-refractivity contribution in [1.29, 1.82) is 0 Å². The molecule has 1 aromatic rings. The van der Waals surface area contributed by atoms with Crippen molar-refractivity contribution < 1.29 is 17.9 Å². The Morgan fingerprint density at radius 1 is 1.41 bits per heavy atom. The van der Waals surface area contributed by atoms with Gasteiger partial charge in [0, 0.05) is 24.5 Å². The summed E-state index contributed by atoms with van der Waals surface area (Å²) in [5, 5.41) is 3.31. The molecule has 17 heavy (non-hydrogen) atoms. The van der Waals surface area contributed by atoms with Crippen LogP contribution in [0.3, 0.4) is 0 Å². The summed E-state index contributed by atoms with van der Waals surface area (Å²) in [7, 11) is 0. The van der Waals surface area contributed by atoms with Crippen molar-refractivity contribution in [2.45, 2.75) is 38.3 Å². The summed E-state index contributed by atoms with van der Waals surface area (Å²) < 4.78 is 42.0. The van der Waals surface area contributed by atoms with Crippen molar-refractivity contribution in [2.75, 3.05) is 6.61 Å². The van der Waals surface area contributed by atoms with E-state index in [1.165, 1.54) is 12.8 Å². The number of nitrogens with zero attached hydrogens (tertiary/aromatic N) is 1. The Kier molecular flexibility index (Phi) is 3.73. The zero-order chi connectivity index (χ0) is 12.3. The van der Waals surface area contributed by atoms with Crippen molar-refractivity contribution in [3.05, 3.63) is 24.0 Å². The lowest BCUT2D eigenvalue weighted by atomic mass is 10.4. The number of hydrogen-bond donors (Lipinski definition) is 1. The van der Waals surface area contributed by atoms with Gasteiger partial charge in [-0.15, -0.1) is 0 Å². The second-order valence-electron chi connectivity index (χ2n) is 4.22. The summed E-state index contributed by atoms with van der Waals surface area (Å²) in [4.78, 5) is 0. The lowest BCUT2D eigenvalue weighted by molar-refractivity contribution is -0.182. The topological polar surface area (TPSA) is 26.2 Å². The maximum atomic E-state index is 11.9. The van der Waals surface area contributed by atoms with Gasteiger partial charge in [-0.1, -0.05) is 0 Å². The van der Waals surface area contributed by atoms with Crippen LogP contribution in [-0.4, -0.2) is 23.4 Å². The van der Waals surface area contributed by atoms with E-state index >= 15 is 0 Å². The maximum absolute atomic E-state index is 11.9. The molecule has 0 radical (unpaired) electrons. The molecule has 2 rings (SSSR count). The second-order valence-corrected chi connectivity index (χ2v) is 4.22. The van der Waals surface area contributed by atoms with Crippen molar-refractivity contribution in [2.24, 2.45) is 0 Å². The third-order valence-electron chi connectivity index (χ3n) is 2.57. The Balaban J connectivity index is 1.76. The van der Waals surface area contributed by atoms with Gasteiger partial charge in [0.15, 0.2) is 0 Å².